The van der Waals surface area contributed by atoms with Gasteiger partial charge in [-0.2, -0.15) is 0 Å². The highest BCUT2D eigenvalue weighted by Crippen LogP contribution is 2.32. The number of thioether (sulfide) groups is 1. The van der Waals surface area contributed by atoms with Crippen molar-refractivity contribution in [3.8, 4) is 5.75 Å². The van der Waals surface area contributed by atoms with Gasteiger partial charge in [-0.15, -0.1) is 11.8 Å². The highest BCUT2D eigenvalue weighted by atomic mass is 32.2. The summed E-state index contributed by atoms with van der Waals surface area (Å²) in [5.74, 6) is 1.46. The van der Waals surface area contributed by atoms with Crippen LogP contribution in [0.15, 0.2) is 59.1 Å². The predicted octanol–water partition coefficient (Wildman–Crippen LogP) is 4.89. The topological polar surface area (TPSA) is 97.6 Å². The molecule has 1 N–H and O–H groups in total. The number of hydrogen-bond donors (Lipinski definition) is 1. The summed E-state index contributed by atoms with van der Waals surface area (Å²) in [6.45, 7) is 3.89. The van der Waals surface area contributed by atoms with E-state index in [1.54, 1.807) is 31.9 Å². The SMILES string of the molecule is COc1ccc2nc(N(Cc3ccccc3)C(=O)CSC(C)C(=O)Nc3cc(C)on3)sc2c1. The fraction of sp³-hybridized carbons (Fsp3) is 0.250. The number of anilines is 2. The number of hydrogen-bond acceptors (Lipinski definition) is 8. The van der Waals surface area contributed by atoms with Gasteiger partial charge < -0.3 is 14.6 Å². The lowest BCUT2D eigenvalue weighted by molar-refractivity contribution is -0.116. The van der Waals surface area contributed by atoms with Crippen LogP contribution >= 0.6 is 23.1 Å². The molecule has 10 heteroatoms. The lowest BCUT2D eigenvalue weighted by Crippen LogP contribution is -2.33. The van der Waals surface area contributed by atoms with E-state index in [1.807, 2.05) is 48.5 Å². The van der Waals surface area contributed by atoms with E-state index in [-0.39, 0.29) is 17.6 Å². The number of amides is 2. The van der Waals surface area contributed by atoms with E-state index in [0.29, 0.717) is 23.3 Å². The van der Waals surface area contributed by atoms with Gasteiger partial charge in [0.2, 0.25) is 11.8 Å². The lowest BCUT2D eigenvalue weighted by Gasteiger charge is -2.20. The Bertz CT molecular complexity index is 1290. The largest absolute Gasteiger partial charge is 0.497 e. The standard InChI is InChI=1S/C24H24N4O4S2/c1-15-11-21(27-32-15)26-23(30)16(2)33-14-22(29)28(13-17-7-5-4-6-8-17)24-25-19-10-9-18(31-3)12-20(19)34-24/h4-12,16H,13-14H2,1-3H3,(H,26,27,30). The zero-order chi connectivity index (χ0) is 24.1. The first-order valence-electron chi connectivity index (χ1n) is 10.6. The number of carbonyl (C=O) groups excluding carboxylic acids is 2. The number of nitrogens with zero attached hydrogens (tertiary/aromatic N) is 3. The monoisotopic (exact) mass is 496 g/mol. The number of methoxy groups -OCH3 is 1. The fourth-order valence-corrected chi connectivity index (χ4v) is 4.94. The highest BCUT2D eigenvalue weighted by Gasteiger charge is 2.23. The summed E-state index contributed by atoms with van der Waals surface area (Å²) < 4.78 is 11.2. The van der Waals surface area contributed by atoms with Crippen LogP contribution < -0.4 is 15.0 Å². The van der Waals surface area contributed by atoms with Crippen LogP contribution in [0.5, 0.6) is 5.75 Å². The summed E-state index contributed by atoms with van der Waals surface area (Å²) in [7, 11) is 1.62. The molecule has 4 rings (SSSR count). The third-order valence-electron chi connectivity index (χ3n) is 5.01. The van der Waals surface area contributed by atoms with Crippen molar-refractivity contribution in [2.45, 2.75) is 25.6 Å². The average molecular weight is 497 g/mol. The summed E-state index contributed by atoms with van der Waals surface area (Å²) in [5, 5.41) is 6.62. The summed E-state index contributed by atoms with van der Waals surface area (Å²) in [4.78, 5) is 32.2. The van der Waals surface area contributed by atoms with Crippen LogP contribution in [0.2, 0.25) is 0 Å². The molecule has 0 saturated carbocycles. The van der Waals surface area contributed by atoms with E-state index in [1.165, 1.54) is 23.1 Å². The molecule has 0 aliphatic carbocycles. The van der Waals surface area contributed by atoms with Gasteiger partial charge in [-0.1, -0.05) is 46.8 Å². The average Bonchev–Trinajstić information content (AvgIpc) is 3.46. The molecule has 2 amide bonds. The molecule has 8 nitrogen and oxygen atoms in total. The molecule has 176 valence electrons. The van der Waals surface area contributed by atoms with Crippen LogP contribution in [-0.2, 0) is 16.1 Å². The van der Waals surface area contributed by atoms with Crippen molar-refractivity contribution in [1.82, 2.24) is 10.1 Å². The second-order valence-electron chi connectivity index (χ2n) is 7.56. The molecular formula is C24H24N4O4S2. The number of fused-ring (bicyclic) bond motifs is 1. The minimum Gasteiger partial charge on any atom is -0.497 e. The van der Waals surface area contributed by atoms with Gasteiger partial charge in [0.05, 0.1) is 34.9 Å². The Kier molecular flexibility index (Phi) is 7.49. The van der Waals surface area contributed by atoms with Crippen LogP contribution in [0.1, 0.15) is 18.2 Å². The van der Waals surface area contributed by atoms with Crippen LogP contribution in [0.4, 0.5) is 10.9 Å². The van der Waals surface area contributed by atoms with Gasteiger partial charge in [-0.3, -0.25) is 14.5 Å². The molecule has 0 radical (unpaired) electrons. The number of aryl methyl sites for hydroxylation is 1. The number of nitrogens with one attached hydrogen (secondary N) is 1. The van der Waals surface area contributed by atoms with Crippen LogP contribution in [-0.4, -0.2) is 40.1 Å². The summed E-state index contributed by atoms with van der Waals surface area (Å²) in [5.41, 5.74) is 1.79. The Balaban J connectivity index is 1.49. The summed E-state index contributed by atoms with van der Waals surface area (Å²) in [6, 6.07) is 17.0. The smallest absolute Gasteiger partial charge is 0.239 e. The molecule has 0 spiro atoms. The molecule has 0 aliphatic rings. The molecule has 2 aromatic heterocycles. The Hall–Kier alpha value is -3.37. The second-order valence-corrected chi connectivity index (χ2v) is 9.90. The van der Waals surface area contributed by atoms with Crippen LogP contribution in [0.25, 0.3) is 10.2 Å². The van der Waals surface area contributed by atoms with Crippen molar-refractivity contribution in [1.29, 1.82) is 0 Å². The molecule has 1 unspecified atom stereocenters. The van der Waals surface area contributed by atoms with Crippen molar-refractivity contribution < 1.29 is 18.8 Å². The first-order valence-corrected chi connectivity index (χ1v) is 12.4. The zero-order valence-electron chi connectivity index (χ0n) is 19.0. The number of ether oxygens (including phenoxy) is 1. The molecule has 2 heterocycles. The molecule has 1 atom stereocenters. The molecule has 0 saturated heterocycles. The van der Waals surface area contributed by atoms with E-state index in [0.717, 1.165) is 21.5 Å². The summed E-state index contributed by atoms with van der Waals surface area (Å²) in [6.07, 6.45) is 0. The highest BCUT2D eigenvalue weighted by molar-refractivity contribution is 8.01. The lowest BCUT2D eigenvalue weighted by atomic mass is 10.2. The third kappa shape index (κ3) is 5.75. The van der Waals surface area contributed by atoms with Crippen LogP contribution in [0.3, 0.4) is 0 Å². The Morgan fingerprint density at radius 3 is 2.71 bits per heavy atom. The minimum atomic E-state index is -0.459. The zero-order valence-corrected chi connectivity index (χ0v) is 20.6. The van der Waals surface area contributed by atoms with E-state index in [4.69, 9.17) is 9.26 Å². The Morgan fingerprint density at radius 2 is 2.00 bits per heavy atom. The quantitative estimate of drug-likeness (QED) is 0.352. The Morgan fingerprint density at radius 1 is 1.21 bits per heavy atom. The molecule has 2 aromatic carbocycles. The molecule has 34 heavy (non-hydrogen) atoms. The number of carbonyl (C=O) groups is 2. The Labute approximate surface area is 205 Å². The van der Waals surface area contributed by atoms with Crippen molar-refractivity contribution in [3.63, 3.8) is 0 Å². The maximum atomic E-state index is 13.3. The predicted molar refractivity (Wildman–Crippen MR) is 136 cm³/mol. The normalized spacial score (nSPS) is 11.9. The van der Waals surface area contributed by atoms with Gasteiger partial charge in [-0.05, 0) is 37.6 Å². The molecule has 4 aromatic rings. The van der Waals surface area contributed by atoms with Gasteiger partial charge in [0.1, 0.15) is 11.5 Å². The van der Waals surface area contributed by atoms with E-state index in [2.05, 4.69) is 15.5 Å². The number of thiazole rings is 1. The number of rotatable bonds is 9. The van der Waals surface area contributed by atoms with Gasteiger partial charge >= 0.3 is 0 Å². The van der Waals surface area contributed by atoms with Crippen molar-refractivity contribution in [2.24, 2.45) is 0 Å². The number of benzene rings is 2. The van der Waals surface area contributed by atoms with E-state index >= 15 is 0 Å². The second kappa shape index (κ2) is 10.7. The maximum absolute atomic E-state index is 13.3. The van der Waals surface area contributed by atoms with Gasteiger partial charge in [0, 0.05) is 6.07 Å². The maximum Gasteiger partial charge on any atom is 0.239 e. The van der Waals surface area contributed by atoms with Gasteiger partial charge in [-0.25, -0.2) is 4.98 Å². The molecule has 0 bridgehead atoms. The minimum absolute atomic E-state index is 0.124. The van der Waals surface area contributed by atoms with Crippen molar-refractivity contribution >= 4 is 56.1 Å². The van der Waals surface area contributed by atoms with Gasteiger partial charge in [0.25, 0.3) is 0 Å². The van der Waals surface area contributed by atoms with Crippen molar-refractivity contribution in [2.75, 3.05) is 23.1 Å². The van der Waals surface area contributed by atoms with Gasteiger partial charge in [0.15, 0.2) is 10.9 Å². The molecule has 0 aliphatic heterocycles. The van der Waals surface area contributed by atoms with Crippen molar-refractivity contribution in [3.05, 3.63) is 65.9 Å². The third-order valence-corrected chi connectivity index (χ3v) is 7.17. The first-order chi connectivity index (χ1) is 16.4. The number of aromatic nitrogens is 2. The summed E-state index contributed by atoms with van der Waals surface area (Å²) >= 11 is 2.69. The van der Waals surface area contributed by atoms with Crippen LogP contribution in [0, 0.1) is 6.92 Å². The van der Waals surface area contributed by atoms with E-state index in [9.17, 15) is 9.59 Å². The van der Waals surface area contributed by atoms with E-state index < -0.39 is 5.25 Å². The molecule has 0 fully saturated rings. The fourth-order valence-electron chi connectivity index (χ4n) is 3.17. The first kappa shape index (κ1) is 23.8. The molecular weight excluding hydrogens is 472 g/mol.